The van der Waals surface area contributed by atoms with Crippen LogP contribution in [0.3, 0.4) is 0 Å². The number of nitrogens with zero attached hydrogens (tertiary/aromatic N) is 4. The Balaban J connectivity index is 1.82. The Kier molecular flexibility index (Phi) is 6.40. The fourth-order valence-corrected chi connectivity index (χ4v) is 2.10. The molecular weight excluding hydrogens is 304 g/mol. The van der Waals surface area contributed by atoms with Gasteiger partial charge in [-0.1, -0.05) is 20.8 Å². The maximum absolute atomic E-state index is 5.77. The Morgan fingerprint density at radius 1 is 1.33 bits per heavy atom. The van der Waals surface area contributed by atoms with Crippen LogP contribution < -0.4 is 10.6 Å². The molecule has 0 aliphatic heterocycles. The lowest BCUT2D eigenvalue weighted by Crippen LogP contribution is -2.38. The molecule has 0 aromatic carbocycles. The second-order valence-corrected chi connectivity index (χ2v) is 6.61. The minimum Gasteiger partial charge on any atom is -0.443 e. The van der Waals surface area contributed by atoms with Crippen LogP contribution in [0.2, 0.25) is 0 Å². The van der Waals surface area contributed by atoms with E-state index < -0.39 is 0 Å². The normalized spacial score (nSPS) is 12.4. The average Bonchev–Trinajstić information content (AvgIpc) is 3.19. The fraction of sp³-hybridized carbons (Fsp3) is 0.588. The molecule has 0 unspecified atom stereocenters. The highest BCUT2D eigenvalue weighted by atomic mass is 16.4. The summed E-state index contributed by atoms with van der Waals surface area (Å²) in [5.74, 6) is 2.28. The molecule has 2 aromatic heterocycles. The molecule has 0 atom stereocenters. The van der Waals surface area contributed by atoms with Crippen LogP contribution in [0.4, 0.5) is 0 Å². The summed E-state index contributed by atoms with van der Waals surface area (Å²) < 4.78 is 7.69. The lowest BCUT2D eigenvalue weighted by atomic mass is 9.94. The molecule has 2 heterocycles. The van der Waals surface area contributed by atoms with Crippen molar-refractivity contribution < 1.29 is 4.42 Å². The Hall–Kier alpha value is -2.31. The first-order chi connectivity index (χ1) is 11.5. The van der Waals surface area contributed by atoms with E-state index in [1.54, 1.807) is 12.4 Å². The zero-order chi connectivity index (χ0) is 17.4. The minimum absolute atomic E-state index is 0.0375. The zero-order valence-electron chi connectivity index (χ0n) is 15.0. The van der Waals surface area contributed by atoms with Gasteiger partial charge in [0.1, 0.15) is 12.3 Å². The lowest BCUT2D eigenvalue weighted by Gasteiger charge is -2.13. The second kappa shape index (κ2) is 8.52. The summed E-state index contributed by atoms with van der Waals surface area (Å²) in [6, 6.07) is 1.93. The van der Waals surface area contributed by atoms with Crippen molar-refractivity contribution in [3.05, 3.63) is 36.3 Å². The van der Waals surface area contributed by atoms with Gasteiger partial charge in [0.05, 0.1) is 6.20 Å². The average molecular weight is 332 g/mol. The van der Waals surface area contributed by atoms with Gasteiger partial charge < -0.3 is 15.1 Å². The van der Waals surface area contributed by atoms with E-state index in [1.165, 1.54) is 0 Å². The van der Waals surface area contributed by atoms with Crippen LogP contribution in [-0.2, 0) is 18.5 Å². The summed E-state index contributed by atoms with van der Waals surface area (Å²) in [7, 11) is 0. The molecule has 24 heavy (non-hydrogen) atoms. The molecule has 0 amide bonds. The van der Waals surface area contributed by atoms with Crippen LogP contribution in [0.5, 0.6) is 0 Å². The summed E-state index contributed by atoms with van der Waals surface area (Å²) in [5.41, 5.74) is -0.0375. The van der Waals surface area contributed by atoms with E-state index >= 15 is 0 Å². The van der Waals surface area contributed by atoms with Crippen molar-refractivity contribution in [3.63, 3.8) is 0 Å². The molecule has 7 heteroatoms. The number of aryl methyl sites for hydroxylation is 1. The SMILES string of the molecule is CCNC(=NCc1ncc(C(C)(C)C)o1)NCCCn1cccn1. The van der Waals surface area contributed by atoms with Crippen molar-refractivity contribution in [2.75, 3.05) is 13.1 Å². The topological polar surface area (TPSA) is 80.3 Å². The predicted molar refractivity (Wildman–Crippen MR) is 94.9 cm³/mol. The first-order valence-corrected chi connectivity index (χ1v) is 8.44. The number of oxazole rings is 1. The largest absolute Gasteiger partial charge is 0.443 e. The quantitative estimate of drug-likeness (QED) is 0.462. The lowest BCUT2D eigenvalue weighted by molar-refractivity contribution is 0.383. The highest BCUT2D eigenvalue weighted by molar-refractivity contribution is 5.79. The van der Waals surface area contributed by atoms with Crippen molar-refractivity contribution in [1.82, 2.24) is 25.4 Å². The molecule has 0 bridgehead atoms. The molecule has 2 aromatic rings. The highest BCUT2D eigenvalue weighted by Gasteiger charge is 2.18. The third-order valence-corrected chi connectivity index (χ3v) is 3.43. The van der Waals surface area contributed by atoms with Gasteiger partial charge in [-0.3, -0.25) is 4.68 Å². The van der Waals surface area contributed by atoms with Gasteiger partial charge in [0.2, 0.25) is 5.89 Å². The number of aromatic nitrogens is 3. The highest BCUT2D eigenvalue weighted by Crippen LogP contribution is 2.22. The first kappa shape index (κ1) is 18.0. The van der Waals surface area contributed by atoms with E-state index in [0.29, 0.717) is 12.4 Å². The van der Waals surface area contributed by atoms with E-state index in [1.807, 2.05) is 23.9 Å². The Morgan fingerprint density at radius 3 is 2.79 bits per heavy atom. The Morgan fingerprint density at radius 2 is 2.17 bits per heavy atom. The summed E-state index contributed by atoms with van der Waals surface area (Å²) in [6.07, 6.45) is 6.52. The molecule has 0 saturated heterocycles. The number of aliphatic imine (C=N–C) groups is 1. The van der Waals surface area contributed by atoms with E-state index in [2.05, 4.69) is 46.5 Å². The number of nitrogens with one attached hydrogen (secondary N) is 2. The summed E-state index contributed by atoms with van der Waals surface area (Å²) >= 11 is 0. The molecule has 0 aliphatic rings. The second-order valence-electron chi connectivity index (χ2n) is 6.61. The predicted octanol–water partition coefficient (Wildman–Crippen LogP) is 2.31. The van der Waals surface area contributed by atoms with E-state index in [-0.39, 0.29) is 5.41 Å². The van der Waals surface area contributed by atoms with Crippen molar-refractivity contribution >= 4 is 5.96 Å². The van der Waals surface area contributed by atoms with Crippen LogP contribution in [0.25, 0.3) is 0 Å². The van der Waals surface area contributed by atoms with Crippen LogP contribution in [-0.4, -0.2) is 33.8 Å². The summed E-state index contributed by atoms with van der Waals surface area (Å²) in [6.45, 7) is 11.3. The molecule has 2 rings (SSSR count). The van der Waals surface area contributed by atoms with Gasteiger partial charge in [0, 0.05) is 37.4 Å². The fourth-order valence-electron chi connectivity index (χ4n) is 2.10. The van der Waals surface area contributed by atoms with Gasteiger partial charge in [-0.05, 0) is 19.4 Å². The Bertz CT molecular complexity index is 624. The first-order valence-electron chi connectivity index (χ1n) is 8.44. The van der Waals surface area contributed by atoms with Crippen LogP contribution in [0.15, 0.2) is 34.1 Å². The minimum atomic E-state index is -0.0375. The molecular formula is C17H28N6O. The maximum Gasteiger partial charge on any atom is 0.216 e. The van der Waals surface area contributed by atoms with Crippen molar-refractivity contribution in [2.45, 2.75) is 52.6 Å². The number of hydrogen-bond donors (Lipinski definition) is 2. The van der Waals surface area contributed by atoms with Gasteiger partial charge in [0.25, 0.3) is 0 Å². The molecule has 0 saturated carbocycles. The monoisotopic (exact) mass is 332 g/mol. The van der Waals surface area contributed by atoms with Crippen LogP contribution in [0, 0.1) is 0 Å². The Labute approximate surface area is 143 Å². The third-order valence-electron chi connectivity index (χ3n) is 3.43. The molecule has 132 valence electrons. The van der Waals surface area contributed by atoms with E-state index in [4.69, 9.17) is 4.42 Å². The van der Waals surface area contributed by atoms with E-state index in [0.717, 1.165) is 37.8 Å². The van der Waals surface area contributed by atoms with Gasteiger partial charge in [-0.15, -0.1) is 0 Å². The van der Waals surface area contributed by atoms with Crippen LogP contribution in [0.1, 0.15) is 45.8 Å². The smallest absolute Gasteiger partial charge is 0.216 e. The van der Waals surface area contributed by atoms with Crippen LogP contribution >= 0.6 is 0 Å². The number of guanidine groups is 1. The van der Waals surface area contributed by atoms with Crippen molar-refractivity contribution in [2.24, 2.45) is 4.99 Å². The van der Waals surface area contributed by atoms with Crippen molar-refractivity contribution in [1.29, 1.82) is 0 Å². The van der Waals surface area contributed by atoms with Crippen molar-refractivity contribution in [3.8, 4) is 0 Å². The zero-order valence-corrected chi connectivity index (χ0v) is 15.0. The third kappa shape index (κ3) is 5.72. The number of hydrogen-bond acceptors (Lipinski definition) is 4. The molecule has 0 fully saturated rings. The molecule has 2 N–H and O–H groups in total. The molecule has 0 spiro atoms. The van der Waals surface area contributed by atoms with E-state index in [9.17, 15) is 0 Å². The van der Waals surface area contributed by atoms with Gasteiger partial charge in [0.15, 0.2) is 5.96 Å². The number of rotatable bonds is 7. The summed E-state index contributed by atoms with van der Waals surface area (Å²) in [4.78, 5) is 8.83. The summed E-state index contributed by atoms with van der Waals surface area (Å²) in [5, 5.41) is 10.7. The van der Waals surface area contributed by atoms with Gasteiger partial charge >= 0.3 is 0 Å². The maximum atomic E-state index is 5.77. The van der Waals surface area contributed by atoms with Gasteiger partial charge in [-0.25, -0.2) is 9.98 Å². The molecule has 7 nitrogen and oxygen atoms in total. The standard InChI is InChI=1S/C17H28N6O/c1-5-18-16(19-8-6-10-23-11-7-9-22-23)21-13-15-20-12-14(24-15)17(2,3)4/h7,9,11-12H,5-6,8,10,13H2,1-4H3,(H2,18,19,21). The molecule has 0 radical (unpaired) electrons. The molecule has 0 aliphatic carbocycles. The van der Waals surface area contributed by atoms with Gasteiger partial charge in [-0.2, -0.15) is 5.10 Å².